The van der Waals surface area contributed by atoms with E-state index in [1.165, 1.54) is 0 Å². The average molecular weight is 259 g/mol. The third kappa shape index (κ3) is 2.73. The topological polar surface area (TPSA) is 51.5 Å². The van der Waals surface area contributed by atoms with E-state index >= 15 is 0 Å². The summed E-state index contributed by atoms with van der Waals surface area (Å²) >= 11 is 0. The van der Waals surface area contributed by atoms with Crippen LogP contribution in [0.15, 0.2) is 24.3 Å². The second-order valence-corrected chi connectivity index (χ2v) is 5.20. The van der Waals surface area contributed by atoms with Crippen LogP contribution in [0.4, 0.5) is 0 Å². The van der Waals surface area contributed by atoms with Crippen LogP contribution in [-0.4, -0.2) is 31.5 Å². The summed E-state index contributed by atoms with van der Waals surface area (Å²) in [5.74, 6) is 0.819. The van der Waals surface area contributed by atoms with Crippen molar-refractivity contribution in [1.82, 2.24) is 0 Å². The van der Waals surface area contributed by atoms with E-state index in [9.17, 15) is 0 Å². The number of nitriles is 1. The third-order valence-electron chi connectivity index (χ3n) is 3.80. The van der Waals surface area contributed by atoms with Gasteiger partial charge in [-0.1, -0.05) is 0 Å². The van der Waals surface area contributed by atoms with Gasteiger partial charge in [0.15, 0.2) is 0 Å². The third-order valence-corrected chi connectivity index (χ3v) is 3.80. The second kappa shape index (κ2) is 5.20. The van der Waals surface area contributed by atoms with Gasteiger partial charge in [-0.15, -0.1) is 0 Å². The minimum atomic E-state index is -0.129. The number of nitrogens with zero attached hydrogens (tertiary/aromatic N) is 1. The van der Waals surface area contributed by atoms with E-state index in [4.69, 9.17) is 19.5 Å². The summed E-state index contributed by atoms with van der Waals surface area (Å²) in [6, 6.07) is 9.37. The van der Waals surface area contributed by atoms with Crippen LogP contribution < -0.4 is 4.74 Å². The average Bonchev–Trinajstić information content (AvgIpc) is 2.88. The zero-order valence-electron chi connectivity index (χ0n) is 10.8. The molecule has 2 heterocycles. The highest BCUT2D eigenvalue weighted by Gasteiger charge is 2.41. The van der Waals surface area contributed by atoms with E-state index in [0.29, 0.717) is 12.2 Å². The van der Waals surface area contributed by atoms with Crippen molar-refractivity contribution in [3.63, 3.8) is 0 Å². The molecule has 4 heteroatoms. The Morgan fingerprint density at radius 1 is 1.26 bits per heavy atom. The summed E-state index contributed by atoms with van der Waals surface area (Å²) in [6.45, 7) is 2.19. The lowest BCUT2D eigenvalue weighted by atomic mass is 9.91. The Kier molecular flexibility index (Phi) is 3.41. The number of rotatable bonds is 2. The first-order chi connectivity index (χ1) is 9.30. The molecule has 1 spiro atoms. The molecule has 2 atom stereocenters. The molecular formula is C15H17NO3. The van der Waals surface area contributed by atoms with Crippen molar-refractivity contribution in [2.75, 3.05) is 19.8 Å². The highest BCUT2D eigenvalue weighted by Crippen LogP contribution is 2.34. The van der Waals surface area contributed by atoms with Crippen LogP contribution in [0.2, 0.25) is 0 Å². The maximum atomic E-state index is 8.77. The Morgan fingerprint density at radius 2 is 2.11 bits per heavy atom. The van der Waals surface area contributed by atoms with Gasteiger partial charge in [0.2, 0.25) is 0 Å². The molecule has 19 heavy (non-hydrogen) atoms. The molecule has 2 aliphatic rings. The van der Waals surface area contributed by atoms with E-state index in [-0.39, 0.29) is 11.7 Å². The molecule has 2 unspecified atom stereocenters. The molecule has 2 aliphatic heterocycles. The second-order valence-electron chi connectivity index (χ2n) is 5.20. The predicted octanol–water partition coefficient (Wildman–Crippen LogP) is 2.28. The Labute approximate surface area is 112 Å². The monoisotopic (exact) mass is 259 g/mol. The summed E-state index contributed by atoms with van der Waals surface area (Å²) in [7, 11) is 0. The van der Waals surface area contributed by atoms with E-state index in [1.54, 1.807) is 12.1 Å². The molecule has 0 saturated carbocycles. The fraction of sp³-hybridized carbons (Fsp3) is 0.533. The first kappa shape index (κ1) is 12.5. The molecule has 0 aliphatic carbocycles. The van der Waals surface area contributed by atoms with Gasteiger partial charge < -0.3 is 14.2 Å². The molecule has 1 aromatic carbocycles. The smallest absolute Gasteiger partial charge is 0.119 e. The Balaban J connectivity index is 1.64. The molecule has 0 bridgehead atoms. The van der Waals surface area contributed by atoms with Gasteiger partial charge in [-0.05, 0) is 24.3 Å². The van der Waals surface area contributed by atoms with Crippen LogP contribution >= 0.6 is 0 Å². The summed E-state index contributed by atoms with van der Waals surface area (Å²) in [5, 5.41) is 8.77. The van der Waals surface area contributed by atoms with Gasteiger partial charge in [0.1, 0.15) is 11.9 Å². The number of hydrogen-bond acceptors (Lipinski definition) is 4. The van der Waals surface area contributed by atoms with Gasteiger partial charge in [-0.25, -0.2) is 0 Å². The maximum Gasteiger partial charge on any atom is 0.119 e. The van der Waals surface area contributed by atoms with Gasteiger partial charge >= 0.3 is 0 Å². The molecule has 0 amide bonds. The molecule has 2 fully saturated rings. The highest BCUT2D eigenvalue weighted by atomic mass is 16.6. The highest BCUT2D eigenvalue weighted by molar-refractivity contribution is 5.34. The lowest BCUT2D eigenvalue weighted by Crippen LogP contribution is -2.44. The van der Waals surface area contributed by atoms with Crippen molar-refractivity contribution < 1.29 is 14.2 Å². The van der Waals surface area contributed by atoms with E-state index < -0.39 is 0 Å². The van der Waals surface area contributed by atoms with E-state index in [1.807, 2.05) is 12.1 Å². The fourth-order valence-electron chi connectivity index (χ4n) is 2.75. The first-order valence-electron chi connectivity index (χ1n) is 6.68. The Bertz CT molecular complexity index is 471. The summed E-state index contributed by atoms with van der Waals surface area (Å²) in [5.41, 5.74) is 0.523. The number of ether oxygens (including phenoxy) is 3. The molecule has 1 aromatic rings. The molecule has 0 aromatic heterocycles. The van der Waals surface area contributed by atoms with Gasteiger partial charge in [0, 0.05) is 25.9 Å². The van der Waals surface area contributed by atoms with Gasteiger partial charge in [-0.2, -0.15) is 5.26 Å². The lowest BCUT2D eigenvalue weighted by Gasteiger charge is -2.37. The Morgan fingerprint density at radius 3 is 2.79 bits per heavy atom. The molecule has 2 saturated heterocycles. The number of hydrogen-bond donors (Lipinski definition) is 0. The van der Waals surface area contributed by atoms with E-state index in [0.717, 1.165) is 38.2 Å². The van der Waals surface area contributed by atoms with Crippen LogP contribution in [0.1, 0.15) is 24.8 Å². The molecule has 3 rings (SSSR count). The van der Waals surface area contributed by atoms with Crippen molar-refractivity contribution in [3.8, 4) is 11.8 Å². The van der Waals surface area contributed by atoms with Gasteiger partial charge in [-0.3, -0.25) is 0 Å². The molecule has 4 nitrogen and oxygen atoms in total. The minimum absolute atomic E-state index is 0.129. The van der Waals surface area contributed by atoms with Crippen molar-refractivity contribution >= 4 is 0 Å². The summed E-state index contributed by atoms with van der Waals surface area (Å²) in [4.78, 5) is 0. The SMILES string of the molecule is N#Cc1ccc(OC2CCOC3(CCOC3)C2)cc1. The van der Waals surface area contributed by atoms with Crippen molar-refractivity contribution in [2.24, 2.45) is 0 Å². The van der Waals surface area contributed by atoms with Crippen LogP contribution in [0.5, 0.6) is 5.75 Å². The summed E-state index contributed by atoms with van der Waals surface area (Å²) in [6.07, 6.45) is 2.91. The quantitative estimate of drug-likeness (QED) is 0.817. The zero-order valence-corrected chi connectivity index (χ0v) is 10.8. The van der Waals surface area contributed by atoms with Crippen molar-refractivity contribution in [2.45, 2.75) is 31.0 Å². The van der Waals surface area contributed by atoms with Crippen molar-refractivity contribution in [1.29, 1.82) is 5.26 Å². The Hall–Kier alpha value is -1.57. The predicted molar refractivity (Wildman–Crippen MR) is 68.9 cm³/mol. The molecular weight excluding hydrogens is 242 g/mol. The lowest BCUT2D eigenvalue weighted by molar-refractivity contribution is -0.112. The molecule has 0 radical (unpaired) electrons. The van der Waals surface area contributed by atoms with Gasteiger partial charge in [0.05, 0.1) is 30.4 Å². The van der Waals surface area contributed by atoms with Crippen molar-refractivity contribution in [3.05, 3.63) is 29.8 Å². The van der Waals surface area contributed by atoms with Crippen LogP contribution in [-0.2, 0) is 9.47 Å². The van der Waals surface area contributed by atoms with Crippen LogP contribution in [0.3, 0.4) is 0 Å². The van der Waals surface area contributed by atoms with Gasteiger partial charge in [0.25, 0.3) is 0 Å². The molecule has 0 N–H and O–H groups in total. The zero-order chi connectivity index (χ0) is 13.1. The van der Waals surface area contributed by atoms with Crippen LogP contribution in [0, 0.1) is 11.3 Å². The van der Waals surface area contributed by atoms with E-state index in [2.05, 4.69) is 6.07 Å². The largest absolute Gasteiger partial charge is 0.490 e. The standard InChI is InChI=1S/C15H17NO3/c16-10-12-1-3-13(4-2-12)19-14-5-7-18-15(9-14)6-8-17-11-15/h1-4,14H,5-9,11H2. The normalized spacial score (nSPS) is 30.2. The minimum Gasteiger partial charge on any atom is -0.490 e. The molecule has 100 valence electrons. The maximum absolute atomic E-state index is 8.77. The van der Waals surface area contributed by atoms with Crippen LogP contribution in [0.25, 0.3) is 0 Å². The number of benzene rings is 1. The summed E-state index contributed by atoms with van der Waals surface area (Å²) < 4.78 is 17.3. The first-order valence-corrected chi connectivity index (χ1v) is 6.68. The fourth-order valence-corrected chi connectivity index (χ4v) is 2.75.